The molecule has 160 valence electrons. The minimum absolute atomic E-state index is 0. The Labute approximate surface area is 194 Å². The predicted octanol–water partition coefficient (Wildman–Crippen LogP) is 3.25. The number of nitrogens with zero attached hydrogens (tertiary/aromatic N) is 4. The average Bonchev–Trinajstić information content (AvgIpc) is 3.02. The van der Waals surface area contributed by atoms with Gasteiger partial charge in [-0.15, -0.1) is 24.0 Å². The summed E-state index contributed by atoms with van der Waals surface area (Å²) in [6, 6.07) is 7.00. The van der Waals surface area contributed by atoms with Crippen molar-refractivity contribution in [3.63, 3.8) is 0 Å². The number of benzene rings is 1. The van der Waals surface area contributed by atoms with Gasteiger partial charge in [0.2, 0.25) is 0 Å². The number of hydrogen-bond donors (Lipinski definition) is 2. The summed E-state index contributed by atoms with van der Waals surface area (Å²) in [5.41, 5.74) is 2.75. The Bertz CT molecular complexity index is 836. The van der Waals surface area contributed by atoms with Gasteiger partial charge in [0.25, 0.3) is 5.91 Å². The lowest BCUT2D eigenvalue weighted by atomic mass is 10.1. The van der Waals surface area contributed by atoms with E-state index in [4.69, 9.17) is 11.6 Å². The van der Waals surface area contributed by atoms with Crippen LogP contribution in [-0.2, 0) is 13.6 Å². The molecule has 7 nitrogen and oxygen atoms in total. The fourth-order valence-corrected chi connectivity index (χ4v) is 3.19. The van der Waals surface area contributed by atoms with Gasteiger partial charge in [-0.2, -0.15) is 5.10 Å². The summed E-state index contributed by atoms with van der Waals surface area (Å²) in [5.74, 6) is 0.929. The number of amides is 1. The lowest BCUT2D eigenvalue weighted by Crippen LogP contribution is -2.42. The van der Waals surface area contributed by atoms with E-state index in [2.05, 4.69) is 34.6 Å². The topological polar surface area (TPSA) is 74.6 Å². The average molecular weight is 533 g/mol. The molecule has 2 rings (SSSR count). The van der Waals surface area contributed by atoms with E-state index in [0.717, 1.165) is 11.7 Å². The van der Waals surface area contributed by atoms with Crippen LogP contribution in [-0.4, -0.2) is 53.7 Å². The highest BCUT2D eigenvalue weighted by Gasteiger charge is 2.15. The van der Waals surface area contributed by atoms with Crippen LogP contribution in [0.15, 0.2) is 35.5 Å². The fraction of sp³-hybridized carbons (Fsp3) is 0.450. The summed E-state index contributed by atoms with van der Waals surface area (Å²) in [6.07, 6.45) is 2.04. The normalized spacial score (nSPS) is 11.2. The first-order chi connectivity index (χ1) is 13.3. The zero-order valence-corrected chi connectivity index (χ0v) is 20.7. The zero-order chi connectivity index (χ0) is 20.7. The van der Waals surface area contributed by atoms with Crippen molar-refractivity contribution in [3.8, 4) is 0 Å². The van der Waals surface area contributed by atoms with Crippen molar-refractivity contribution in [2.45, 2.75) is 26.3 Å². The van der Waals surface area contributed by atoms with Crippen LogP contribution in [0.25, 0.3) is 0 Å². The number of rotatable bonds is 7. The smallest absolute Gasteiger partial charge is 0.252 e. The molecule has 0 atom stereocenters. The summed E-state index contributed by atoms with van der Waals surface area (Å²) in [4.78, 5) is 18.6. The lowest BCUT2D eigenvalue weighted by Gasteiger charge is -2.22. The number of hydrogen-bond acceptors (Lipinski definition) is 3. The van der Waals surface area contributed by atoms with E-state index in [1.165, 1.54) is 5.56 Å². The minimum Gasteiger partial charge on any atom is -0.354 e. The molecule has 0 radical (unpaired) electrons. The Morgan fingerprint density at radius 3 is 2.55 bits per heavy atom. The monoisotopic (exact) mass is 532 g/mol. The summed E-state index contributed by atoms with van der Waals surface area (Å²) < 4.78 is 1.85. The maximum atomic E-state index is 12.2. The third-order valence-corrected chi connectivity index (χ3v) is 4.61. The van der Waals surface area contributed by atoms with Crippen molar-refractivity contribution in [1.82, 2.24) is 25.3 Å². The van der Waals surface area contributed by atoms with Gasteiger partial charge < -0.3 is 15.5 Å². The Morgan fingerprint density at radius 1 is 1.28 bits per heavy atom. The molecule has 0 aliphatic rings. The summed E-state index contributed by atoms with van der Waals surface area (Å²) >= 11 is 6.05. The Morgan fingerprint density at radius 2 is 1.93 bits per heavy atom. The zero-order valence-electron chi connectivity index (χ0n) is 17.6. The molecule has 0 aliphatic heterocycles. The number of carbonyl (C=O) groups excluding carboxylic acids is 1. The van der Waals surface area contributed by atoms with Gasteiger partial charge >= 0.3 is 0 Å². The molecule has 1 aromatic heterocycles. The van der Waals surface area contributed by atoms with Crippen LogP contribution >= 0.6 is 35.6 Å². The fourth-order valence-electron chi connectivity index (χ4n) is 2.97. The van der Waals surface area contributed by atoms with Crippen molar-refractivity contribution < 1.29 is 4.79 Å². The first kappa shape index (κ1) is 25.2. The summed E-state index contributed by atoms with van der Waals surface area (Å²) in [7, 11) is 5.66. The highest BCUT2D eigenvalue weighted by Crippen LogP contribution is 2.18. The van der Waals surface area contributed by atoms with Gasteiger partial charge in [0.1, 0.15) is 0 Å². The minimum atomic E-state index is -0.187. The SMILES string of the molecule is CN=C(NCCNC(=O)c1ccccc1Cl)N(C)Cc1cn(C)nc1C(C)C.I. The molecule has 2 N–H and O–H groups in total. The molecule has 0 aliphatic carbocycles. The molecular weight excluding hydrogens is 503 g/mol. The van der Waals surface area contributed by atoms with E-state index < -0.39 is 0 Å². The van der Waals surface area contributed by atoms with Crippen LogP contribution in [0.1, 0.15) is 41.4 Å². The van der Waals surface area contributed by atoms with Crippen LogP contribution in [0.5, 0.6) is 0 Å². The van der Waals surface area contributed by atoms with Gasteiger partial charge in [-0.05, 0) is 18.1 Å². The van der Waals surface area contributed by atoms with Crippen molar-refractivity contribution in [3.05, 3.63) is 52.3 Å². The second kappa shape index (κ2) is 12.0. The maximum absolute atomic E-state index is 12.2. The number of guanidine groups is 1. The van der Waals surface area contributed by atoms with Crippen LogP contribution in [0, 0.1) is 0 Å². The molecule has 1 amide bonds. The van der Waals surface area contributed by atoms with E-state index in [9.17, 15) is 4.79 Å². The molecule has 1 aromatic carbocycles. The van der Waals surface area contributed by atoms with Gasteiger partial charge in [-0.3, -0.25) is 14.5 Å². The molecule has 29 heavy (non-hydrogen) atoms. The number of nitrogens with one attached hydrogen (secondary N) is 2. The second-order valence-electron chi connectivity index (χ2n) is 6.93. The van der Waals surface area contributed by atoms with Gasteiger partial charge in [-0.25, -0.2) is 0 Å². The number of aryl methyl sites for hydroxylation is 1. The van der Waals surface area contributed by atoms with Crippen molar-refractivity contribution in [2.75, 3.05) is 27.2 Å². The quantitative estimate of drug-likeness (QED) is 0.248. The van der Waals surface area contributed by atoms with E-state index in [1.807, 2.05) is 29.9 Å². The Balaban J connectivity index is 0.00000420. The lowest BCUT2D eigenvalue weighted by molar-refractivity contribution is 0.0954. The molecule has 2 aromatic rings. The standard InChI is InChI=1S/C20H29ClN6O.HI/c1-14(2)18-15(13-27(5)25-18)12-26(4)20(22-3)24-11-10-23-19(28)16-8-6-7-9-17(16)21;/h6-9,13-14H,10-12H2,1-5H3,(H,22,24)(H,23,28);1H. The molecule has 0 saturated carbocycles. The Kier molecular flexibility index (Phi) is 10.5. The van der Waals surface area contributed by atoms with Crippen LogP contribution < -0.4 is 10.6 Å². The number of aromatic nitrogens is 2. The van der Waals surface area contributed by atoms with Crippen molar-refractivity contribution >= 4 is 47.4 Å². The predicted molar refractivity (Wildman–Crippen MR) is 129 cm³/mol. The second-order valence-corrected chi connectivity index (χ2v) is 7.34. The first-order valence-corrected chi connectivity index (χ1v) is 9.68. The van der Waals surface area contributed by atoms with Gasteiger partial charge in [0, 0.05) is 52.5 Å². The van der Waals surface area contributed by atoms with Gasteiger partial charge in [0.15, 0.2) is 5.96 Å². The molecule has 0 saturated heterocycles. The summed E-state index contributed by atoms with van der Waals surface area (Å²) in [6.45, 7) is 5.99. The summed E-state index contributed by atoms with van der Waals surface area (Å²) in [5, 5.41) is 11.1. The first-order valence-electron chi connectivity index (χ1n) is 9.30. The van der Waals surface area contributed by atoms with E-state index in [1.54, 1.807) is 31.3 Å². The molecular formula is C20H30ClIN6O. The van der Waals surface area contributed by atoms with Gasteiger partial charge in [0.05, 0.1) is 16.3 Å². The van der Waals surface area contributed by atoms with Crippen molar-refractivity contribution in [1.29, 1.82) is 0 Å². The van der Waals surface area contributed by atoms with Crippen LogP contribution in [0.2, 0.25) is 5.02 Å². The third kappa shape index (κ3) is 7.18. The third-order valence-electron chi connectivity index (χ3n) is 4.28. The Hall–Kier alpha value is -1.81. The molecule has 1 heterocycles. The van der Waals surface area contributed by atoms with E-state index in [0.29, 0.717) is 36.1 Å². The number of carbonyl (C=O) groups is 1. The molecule has 9 heteroatoms. The van der Waals surface area contributed by atoms with Crippen LogP contribution in [0.3, 0.4) is 0 Å². The molecule has 0 fully saturated rings. The van der Waals surface area contributed by atoms with Crippen LogP contribution in [0.4, 0.5) is 0 Å². The number of halogens is 2. The number of aliphatic imine (C=N–C) groups is 1. The maximum Gasteiger partial charge on any atom is 0.252 e. The van der Waals surface area contributed by atoms with Crippen molar-refractivity contribution in [2.24, 2.45) is 12.0 Å². The largest absolute Gasteiger partial charge is 0.354 e. The van der Waals surface area contributed by atoms with E-state index >= 15 is 0 Å². The molecule has 0 unspecified atom stereocenters. The molecule has 0 spiro atoms. The van der Waals surface area contributed by atoms with Gasteiger partial charge in [-0.1, -0.05) is 37.6 Å². The highest BCUT2D eigenvalue weighted by atomic mass is 127. The van der Waals surface area contributed by atoms with E-state index in [-0.39, 0.29) is 29.9 Å². The highest BCUT2D eigenvalue weighted by molar-refractivity contribution is 14.0. The molecule has 0 bridgehead atoms.